The Morgan fingerprint density at radius 3 is 2.83 bits per heavy atom. The van der Waals surface area contributed by atoms with Crippen molar-refractivity contribution in [1.29, 1.82) is 0 Å². The summed E-state index contributed by atoms with van der Waals surface area (Å²) in [6.45, 7) is 4.34. The van der Waals surface area contributed by atoms with E-state index in [0.717, 1.165) is 5.75 Å². The number of aliphatic imine (C=N–C) groups is 1. The van der Waals surface area contributed by atoms with Crippen LogP contribution in [0.1, 0.15) is 13.8 Å². The van der Waals surface area contributed by atoms with Gasteiger partial charge in [0.05, 0.1) is 23.8 Å². The van der Waals surface area contributed by atoms with Crippen LogP contribution in [0, 0.1) is 0 Å². The second-order valence-corrected chi connectivity index (χ2v) is 7.90. The number of fused-ring (bicyclic) bond motifs is 1. The van der Waals surface area contributed by atoms with Crippen LogP contribution in [0.4, 0.5) is 5.69 Å². The summed E-state index contributed by atoms with van der Waals surface area (Å²) >= 11 is 1.52. The summed E-state index contributed by atoms with van der Waals surface area (Å²) in [7, 11) is 0. The van der Waals surface area contributed by atoms with E-state index in [9.17, 15) is 9.59 Å². The van der Waals surface area contributed by atoms with E-state index in [1.54, 1.807) is 23.1 Å². The zero-order valence-corrected chi connectivity index (χ0v) is 17.6. The van der Waals surface area contributed by atoms with Crippen molar-refractivity contribution in [1.82, 2.24) is 14.5 Å². The molecule has 8 heteroatoms. The van der Waals surface area contributed by atoms with Crippen LogP contribution in [0.3, 0.4) is 0 Å². The molecule has 1 saturated heterocycles. The maximum Gasteiger partial charge on any atom is 0.261 e. The summed E-state index contributed by atoms with van der Waals surface area (Å²) < 4.78 is 7.00. The lowest BCUT2D eigenvalue weighted by atomic mass is 10.2. The van der Waals surface area contributed by atoms with Crippen LogP contribution in [0.2, 0.25) is 0 Å². The van der Waals surface area contributed by atoms with Crippen LogP contribution >= 0.6 is 11.8 Å². The van der Waals surface area contributed by atoms with Crippen molar-refractivity contribution in [2.75, 3.05) is 12.4 Å². The Labute approximate surface area is 178 Å². The molecule has 4 rings (SSSR count). The number of ether oxygens (including phenoxy) is 1. The normalized spacial score (nSPS) is 17.6. The highest BCUT2D eigenvalue weighted by Crippen LogP contribution is 2.32. The summed E-state index contributed by atoms with van der Waals surface area (Å²) in [4.78, 5) is 36.5. The highest BCUT2D eigenvalue weighted by molar-refractivity contribution is 8.14. The number of thioether (sulfide) groups is 1. The Hall–Kier alpha value is -3.13. The predicted octanol–water partition coefficient (Wildman–Crippen LogP) is 3.45. The van der Waals surface area contributed by atoms with Crippen LogP contribution in [-0.4, -0.2) is 43.9 Å². The number of amides is 1. The van der Waals surface area contributed by atoms with Gasteiger partial charge in [-0.05, 0) is 38.1 Å². The number of amidine groups is 1. The van der Waals surface area contributed by atoms with Crippen LogP contribution in [0.15, 0.2) is 64.6 Å². The fraction of sp³-hybridized carbons (Fsp3) is 0.273. The summed E-state index contributed by atoms with van der Waals surface area (Å²) in [5.41, 5.74) is 1.07. The number of rotatable bonds is 5. The maximum atomic E-state index is 13.1. The summed E-state index contributed by atoms with van der Waals surface area (Å²) in [6, 6.07) is 14.6. The summed E-state index contributed by atoms with van der Waals surface area (Å²) in [5, 5.41) is 1.11. The molecule has 30 heavy (non-hydrogen) atoms. The maximum absolute atomic E-state index is 13.1. The number of hydrogen-bond acceptors (Lipinski definition) is 6. The molecule has 154 valence electrons. The average molecular weight is 423 g/mol. The minimum Gasteiger partial charge on any atom is -0.492 e. The molecule has 1 aliphatic rings. The lowest BCUT2D eigenvalue weighted by Crippen LogP contribution is -2.41. The molecular formula is C22H22N4O3S. The molecule has 1 aliphatic heterocycles. The largest absolute Gasteiger partial charge is 0.492 e. The minimum atomic E-state index is -0.228. The Kier molecular flexibility index (Phi) is 5.85. The fourth-order valence-electron chi connectivity index (χ4n) is 3.34. The molecule has 1 aromatic heterocycles. The number of nitrogens with zero attached hydrogens (tertiary/aromatic N) is 4. The van der Waals surface area contributed by atoms with Crippen molar-refractivity contribution in [3.05, 3.63) is 65.2 Å². The smallest absolute Gasteiger partial charge is 0.261 e. The van der Waals surface area contributed by atoms with Gasteiger partial charge in [-0.1, -0.05) is 36.0 Å². The SMILES string of the molecule is CCOc1ccccc1N=C1SCC(C)N1C(=O)Cn1cnc2ccccc2c1=O. The number of benzene rings is 2. The van der Waals surface area contributed by atoms with Crippen molar-refractivity contribution >= 4 is 39.4 Å². The molecule has 0 spiro atoms. The number of hydrogen-bond donors (Lipinski definition) is 0. The van der Waals surface area contributed by atoms with E-state index < -0.39 is 0 Å². The average Bonchev–Trinajstić information content (AvgIpc) is 3.12. The van der Waals surface area contributed by atoms with E-state index >= 15 is 0 Å². The van der Waals surface area contributed by atoms with Crippen LogP contribution in [-0.2, 0) is 11.3 Å². The number of aromatic nitrogens is 2. The monoisotopic (exact) mass is 422 g/mol. The molecule has 3 aromatic rings. The van der Waals surface area contributed by atoms with Gasteiger partial charge in [-0.25, -0.2) is 9.98 Å². The summed E-state index contributed by atoms with van der Waals surface area (Å²) in [5.74, 6) is 1.22. The first-order valence-corrected chi connectivity index (χ1v) is 10.8. The number of carbonyl (C=O) groups excluding carboxylic acids is 1. The molecule has 0 N–H and O–H groups in total. The molecule has 1 amide bonds. The predicted molar refractivity (Wildman–Crippen MR) is 119 cm³/mol. The molecule has 1 atom stereocenters. The van der Waals surface area contributed by atoms with Gasteiger partial charge < -0.3 is 4.74 Å². The van der Waals surface area contributed by atoms with Crippen LogP contribution < -0.4 is 10.3 Å². The highest BCUT2D eigenvalue weighted by Gasteiger charge is 2.32. The first-order valence-electron chi connectivity index (χ1n) is 9.78. The van der Waals surface area contributed by atoms with E-state index in [2.05, 4.69) is 4.98 Å². The van der Waals surface area contributed by atoms with Crippen molar-refractivity contribution < 1.29 is 9.53 Å². The van der Waals surface area contributed by atoms with Gasteiger partial charge in [0, 0.05) is 11.8 Å². The fourth-order valence-corrected chi connectivity index (χ4v) is 4.46. The molecular weight excluding hydrogens is 400 g/mol. The number of para-hydroxylation sites is 3. The van der Waals surface area contributed by atoms with Gasteiger partial charge in [0.15, 0.2) is 5.17 Å². The molecule has 0 radical (unpaired) electrons. The first-order chi connectivity index (χ1) is 14.6. The lowest BCUT2D eigenvalue weighted by Gasteiger charge is -2.21. The zero-order chi connectivity index (χ0) is 21.1. The first kappa shape index (κ1) is 20.2. The summed E-state index contributed by atoms with van der Waals surface area (Å²) in [6.07, 6.45) is 1.43. The van der Waals surface area contributed by atoms with Gasteiger partial charge in [-0.2, -0.15) is 0 Å². The molecule has 0 aliphatic carbocycles. The molecule has 1 fully saturated rings. The van der Waals surface area contributed by atoms with Gasteiger partial charge in [0.25, 0.3) is 5.56 Å². The van der Waals surface area contributed by atoms with Gasteiger partial charge >= 0.3 is 0 Å². The molecule has 2 aromatic carbocycles. The quantitative estimate of drug-likeness (QED) is 0.629. The molecule has 2 heterocycles. The van der Waals surface area contributed by atoms with Gasteiger partial charge in [0.1, 0.15) is 18.0 Å². The van der Waals surface area contributed by atoms with Gasteiger partial charge in [-0.3, -0.25) is 19.1 Å². The van der Waals surface area contributed by atoms with Crippen molar-refractivity contribution in [2.45, 2.75) is 26.4 Å². The highest BCUT2D eigenvalue weighted by atomic mass is 32.2. The van der Waals surface area contributed by atoms with E-state index in [1.807, 2.05) is 44.2 Å². The van der Waals surface area contributed by atoms with Crippen LogP contribution in [0.5, 0.6) is 5.75 Å². The van der Waals surface area contributed by atoms with E-state index in [-0.39, 0.29) is 24.1 Å². The lowest BCUT2D eigenvalue weighted by molar-refractivity contribution is -0.128. The van der Waals surface area contributed by atoms with Crippen LogP contribution in [0.25, 0.3) is 10.9 Å². The van der Waals surface area contributed by atoms with Gasteiger partial charge in [0.2, 0.25) is 5.91 Å². The zero-order valence-electron chi connectivity index (χ0n) is 16.8. The Morgan fingerprint density at radius 1 is 1.23 bits per heavy atom. The third-order valence-electron chi connectivity index (χ3n) is 4.79. The topological polar surface area (TPSA) is 76.8 Å². The molecule has 7 nitrogen and oxygen atoms in total. The standard InChI is InChI=1S/C22H22N4O3S/c1-3-29-19-11-7-6-10-18(19)24-22-26(15(2)13-30-22)20(27)12-25-14-23-17-9-5-4-8-16(17)21(25)28/h4-11,14-15H,3,12-13H2,1-2H3. The van der Waals surface area contributed by atoms with Gasteiger partial charge in [-0.15, -0.1) is 0 Å². The van der Waals surface area contributed by atoms with Crippen molar-refractivity contribution in [3.63, 3.8) is 0 Å². The van der Waals surface area contributed by atoms with Crippen molar-refractivity contribution in [2.24, 2.45) is 4.99 Å². The second kappa shape index (κ2) is 8.71. The molecule has 1 unspecified atom stereocenters. The van der Waals surface area contributed by atoms with E-state index in [4.69, 9.17) is 9.73 Å². The molecule has 0 saturated carbocycles. The third-order valence-corrected chi connectivity index (χ3v) is 5.98. The number of carbonyl (C=O) groups is 1. The van der Waals surface area contributed by atoms with E-state index in [1.165, 1.54) is 22.7 Å². The molecule has 0 bridgehead atoms. The Morgan fingerprint density at radius 2 is 2.00 bits per heavy atom. The second-order valence-electron chi connectivity index (χ2n) is 6.91. The van der Waals surface area contributed by atoms with Crippen molar-refractivity contribution in [3.8, 4) is 5.75 Å². The minimum absolute atomic E-state index is 0.0235. The Balaban J connectivity index is 1.63. The Bertz CT molecular complexity index is 1170. The van der Waals surface area contributed by atoms with E-state index in [0.29, 0.717) is 34.1 Å². The third kappa shape index (κ3) is 3.95.